The third kappa shape index (κ3) is 1.98. The summed E-state index contributed by atoms with van der Waals surface area (Å²) in [5.74, 6) is 0.888. The van der Waals surface area contributed by atoms with Crippen molar-refractivity contribution in [2.45, 2.75) is 19.4 Å². The van der Waals surface area contributed by atoms with Gasteiger partial charge in [-0.05, 0) is 18.1 Å². The molecule has 0 aliphatic carbocycles. The lowest BCUT2D eigenvalue weighted by Crippen LogP contribution is -2.39. The Morgan fingerprint density at radius 3 is 3.00 bits per heavy atom. The summed E-state index contributed by atoms with van der Waals surface area (Å²) in [5.41, 5.74) is 2.54. The topological polar surface area (TPSA) is 37.7 Å². The van der Waals surface area contributed by atoms with Crippen molar-refractivity contribution in [2.24, 2.45) is 4.99 Å². The zero-order chi connectivity index (χ0) is 11.7. The van der Waals surface area contributed by atoms with E-state index in [4.69, 9.17) is 4.74 Å². The van der Waals surface area contributed by atoms with E-state index in [1.54, 1.807) is 0 Å². The molecular weight excluding hydrogens is 214 g/mol. The lowest BCUT2D eigenvalue weighted by atomic mass is 10.1. The molecule has 4 nitrogen and oxygen atoms in total. The molecule has 4 heteroatoms. The molecule has 3 rings (SSSR count). The van der Waals surface area contributed by atoms with Crippen molar-refractivity contribution in [1.29, 1.82) is 0 Å². The number of aryl methyl sites for hydroxylation is 1. The molecule has 0 N–H and O–H groups in total. The van der Waals surface area contributed by atoms with Gasteiger partial charge in [-0.15, -0.1) is 0 Å². The van der Waals surface area contributed by atoms with Crippen LogP contribution in [0.25, 0.3) is 0 Å². The minimum absolute atomic E-state index is 0.299. The summed E-state index contributed by atoms with van der Waals surface area (Å²) in [6.07, 6.45) is 4.97. The Balaban J connectivity index is 1.88. The van der Waals surface area contributed by atoms with Crippen LogP contribution < -0.4 is 0 Å². The average molecular weight is 231 g/mol. The lowest BCUT2D eigenvalue weighted by molar-refractivity contribution is 0.0299. The van der Waals surface area contributed by atoms with Gasteiger partial charge in [0.1, 0.15) is 0 Å². The Labute approximate surface area is 101 Å². The minimum Gasteiger partial charge on any atom is -0.379 e. The number of nitrogens with zero attached hydrogens (tertiary/aromatic N) is 3. The number of hydrogen-bond donors (Lipinski definition) is 0. The molecule has 1 unspecified atom stereocenters. The molecule has 0 spiro atoms. The van der Waals surface area contributed by atoms with E-state index in [1.807, 2.05) is 12.4 Å². The third-order valence-electron chi connectivity index (χ3n) is 3.46. The number of rotatable bonds is 2. The van der Waals surface area contributed by atoms with Gasteiger partial charge in [-0.25, -0.2) is 9.98 Å². The predicted octanol–water partition coefficient (Wildman–Crippen LogP) is 1.73. The van der Waals surface area contributed by atoms with Crippen molar-refractivity contribution in [3.63, 3.8) is 0 Å². The lowest BCUT2D eigenvalue weighted by Gasteiger charge is -2.31. The van der Waals surface area contributed by atoms with E-state index < -0.39 is 0 Å². The van der Waals surface area contributed by atoms with Crippen LogP contribution in [-0.2, 0) is 11.2 Å². The summed E-state index contributed by atoms with van der Waals surface area (Å²) in [6, 6.07) is 2.54. The number of ether oxygens (including phenoxy) is 1. The fraction of sp³-hybridized carbons (Fsp3) is 0.538. The monoisotopic (exact) mass is 231 g/mol. The van der Waals surface area contributed by atoms with Gasteiger partial charge in [0.05, 0.1) is 19.3 Å². The maximum Gasteiger partial charge on any atom is 0.156 e. The second-order valence-corrected chi connectivity index (χ2v) is 4.48. The zero-order valence-electron chi connectivity index (χ0n) is 10.1. The van der Waals surface area contributed by atoms with Gasteiger partial charge < -0.3 is 4.74 Å². The second-order valence-electron chi connectivity index (χ2n) is 4.48. The van der Waals surface area contributed by atoms with Crippen LogP contribution in [0.15, 0.2) is 17.3 Å². The zero-order valence-corrected chi connectivity index (χ0v) is 10.1. The first-order valence-corrected chi connectivity index (χ1v) is 6.23. The SMILES string of the molecule is CCc1cnc2c(c1)C(N1CCOCC1)C=N2. The van der Waals surface area contributed by atoms with Crippen LogP contribution in [0.4, 0.5) is 5.82 Å². The third-order valence-corrected chi connectivity index (χ3v) is 3.46. The predicted molar refractivity (Wildman–Crippen MR) is 66.9 cm³/mol. The van der Waals surface area contributed by atoms with Gasteiger partial charge >= 0.3 is 0 Å². The summed E-state index contributed by atoms with van der Waals surface area (Å²) in [5, 5.41) is 0. The smallest absolute Gasteiger partial charge is 0.156 e. The van der Waals surface area contributed by atoms with Crippen LogP contribution in [0.1, 0.15) is 24.1 Å². The number of pyridine rings is 1. The fourth-order valence-corrected chi connectivity index (χ4v) is 2.41. The van der Waals surface area contributed by atoms with Crippen molar-refractivity contribution < 1.29 is 4.74 Å². The highest BCUT2D eigenvalue weighted by molar-refractivity contribution is 5.78. The van der Waals surface area contributed by atoms with E-state index in [-0.39, 0.29) is 0 Å². The number of hydrogen-bond acceptors (Lipinski definition) is 4. The molecule has 2 aliphatic heterocycles. The molecule has 1 atom stereocenters. The molecule has 1 fully saturated rings. The van der Waals surface area contributed by atoms with Crippen molar-refractivity contribution in [1.82, 2.24) is 9.88 Å². The first kappa shape index (κ1) is 10.9. The Hall–Kier alpha value is -1.26. The Morgan fingerprint density at radius 2 is 2.24 bits per heavy atom. The number of morpholine rings is 1. The van der Waals surface area contributed by atoms with Gasteiger partial charge in [-0.2, -0.15) is 0 Å². The Morgan fingerprint density at radius 1 is 1.41 bits per heavy atom. The number of fused-ring (bicyclic) bond motifs is 1. The van der Waals surface area contributed by atoms with Crippen LogP contribution in [0.5, 0.6) is 0 Å². The Kier molecular flexibility index (Phi) is 2.91. The normalized spacial score (nSPS) is 23.9. The summed E-state index contributed by atoms with van der Waals surface area (Å²) in [7, 11) is 0. The molecular formula is C13H17N3O. The highest BCUT2D eigenvalue weighted by Crippen LogP contribution is 2.33. The molecule has 0 saturated carbocycles. The quantitative estimate of drug-likeness (QED) is 0.778. The summed E-state index contributed by atoms with van der Waals surface area (Å²) in [4.78, 5) is 11.2. The fourth-order valence-electron chi connectivity index (χ4n) is 2.41. The standard InChI is InChI=1S/C13H17N3O/c1-2-10-7-11-12(9-15-13(11)14-8-10)16-3-5-17-6-4-16/h7-9,12H,2-6H2,1H3. The van der Waals surface area contributed by atoms with E-state index in [0.717, 1.165) is 38.5 Å². The molecule has 0 radical (unpaired) electrons. The van der Waals surface area contributed by atoms with E-state index in [2.05, 4.69) is 27.9 Å². The maximum atomic E-state index is 5.39. The van der Waals surface area contributed by atoms with Gasteiger partial charge in [0.25, 0.3) is 0 Å². The van der Waals surface area contributed by atoms with Gasteiger partial charge in [0, 0.05) is 31.1 Å². The van der Waals surface area contributed by atoms with E-state index in [9.17, 15) is 0 Å². The first-order valence-electron chi connectivity index (χ1n) is 6.23. The largest absolute Gasteiger partial charge is 0.379 e. The summed E-state index contributed by atoms with van der Waals surface area (Å²) >= 11 is 0. The van der Waals surface area contributed by atoms with Gasteiger partial charge in [0.15, 0.2) is 5.82 Å². The molecule has 90 valence electrons. The average Bonchev–Trinajstić information content (AvgIpc) is 2.82. The van der Waals surface area contributed by atoms with Crippen molar-refractivity contribution in [2.75, 3.05) is 26.3 Å². The van der Waals surface area contributed by atoms with Crippen LogP contribution in [0.2, 0.25) is 0 Å². The summed E-state index contributed by atoms with van der Waals surface area (Å²) < 4.78 is 5.39. The molecule has 0 amide bonds. The second kappa shape index (κ2) is 4.55. The molecule has 0 aromatic carbocycles. The van der Waals surface area contributed by atoms with Crippen LogP contribution in [0, 0.1) is 0 Å². The van der Waals surface area contributed by atoms with Crippen LogP contribution >= 0.6 is 0 Å². The van der Waals surface area contributed by atoms with Gasteiger partial charge in [-0.3, -0.25) is 4.90 Å². The minimum atomic E-state index is 0.299. The van der Waals surface area contributed by atoms with E-state index in [0.29, 0.717) is 6.04 Å². The van der Waals surface area contributed by atoms with Crippen molar-refractivity contribution >= 4 is 12.0 Å². The summed E-state index contributed by atoms with van der Waals surface area (Å²) in [6.45, 7) is 5.75. The highest BCUT2D eigenvalue weighted by Gasteiger charge is 2.27. The molecule has 0 bridgehead atoms. The molecule has 1 aromatic rings. The number of aliphatic imine (C=N–C) groups is 1. The first-order chi connectivity index (χ1) is 8.38. The molecule has 3 heterocycles. The van der Waals surface area contributed by atoms with E-state index >= 15 is 0 Å². The maximum absolute atomic E-state index is 5.39. The highest BCUT2D eigenvalue weighted by atomic mass is 16.5. The molecule has 2 aliphatic rings. The van der Waals surface area contributed by atoms with Crippen molar-refractivity contribution in [3.05, 3.63) is 23.4 Å². The molecule has 17 heavy (non-hydrogen) atoms. The Bertz CT molecular complexity index is 438. The molecule has 1 aromatic heterocycles. The van der Waals surface area contributed by atoms with Crippen LogP contribution in [-0.4, -0.2) is 42.4 Å². The van der Waals surface area contributed by atoms with E-state index in [1.165, 1.54) is 11.1 Å². The van der Waals surface area contributed by atoms with Gasteiger partial charge in [-0.1, -0.05) is 6.92 Å². The van der Waals surface area contributed by atoms with Gasteiger partial charge in [0.2, 0.25) is 0 Å². The van der Waals surface area contributed by atoms with Crippen molar-refractivity contribution in [3.8, 4) is 0 Å². The molecule has 1 saturated heterocycles. The number of aromatic nitrogens is 1. The van der Waals surface area contributed by atoms with Crippen LogP contribution in [0.3, 0.4) is 0 Å².